The van der Waals surface area contributed by atoms with Crippen LogP contribution < -0.4 is 0 Å². The van der Waals surface area contributed by atoms with Crippen LogP contribution in [0.2, 0.25) is 0 Å². The summed E-state index contributed by atoms with van der Waals surface area (Å²) in [6.45, 7) is 0. The number of halogens is 1. The van der Waals surface area contributed by atoms with E-state index in [4.69, 9.17) is 16.6 Å². The van der Waals surface area contributed by atoms with E-state index in [0.29, 0.717) is 32.7 Å². The molecule has 0 N–H and O–H groups in total. The van der Waals surface area contributed by atoms with Gasteiger partial charge < -0.3 is 4.42 Å². The van der Waals surface area contributed by atoms with Crippen LogP contribution in [0.4, 0.5) is 4.39 Å². The van der Waals surface area contributed by atoms with Crippen molar-refractivity contribution in [3.05, 3.63) is 52.9 Å². The summed E-state index contributed by atoms with van der Waals surface area (Å²) in [6, 6.07) is 9.01. The van der Waals surface area contributed by atoms with Crippen molar-refractivity contribution in [2.75, 3.05) is 11.5 Å². The summed E-state index contributed by atoms with van der Waals surface area (Å²) in [5.74, 6) is 0.265. The topological polar surface area (TPSA) is 67.6 Å². The molecule has 2 saturated heterocycles. The molecule has 0 saturated carbocycles. The maximum absolute atomic E-state index is 13.4. The fourth-order valence-electron chi connectivity index (χ4n) is 3.13. The fraction of sp³-hybridized carbons (Fsp3) is 0.222. The van der Waals surface area contributed by atoms with Gasteiger partial charge in [-0.3, -0.25) is 9.69 Å². The molecule has 2 aromatic rings. The lowest BCUT2D eigenvalue weighted by Gasteiger charge is -2.20. The maximum atomic E-state index is 13.4. The van der Waals surface area contributed by atoms with Crippen LogP contribution in [0.1, 0.15) is 12.2 Å². The summed E-state index contributed by atoms with van der Waals surface area (Å²) < 4.78 is 42.8. The van der Waals surface area contributed by atoms with Crippen molar-refractivity contribution in [1.82, 2.24) is 4.90 Å². The number of hydrogen-bond acceptors (Lipinski definition) is 6. The summed E-state index contributed by atoms with van der Waals surface area (Å²) in [6.07, 6.45) is 1.97. The molecule has 0 spiro atoms. The van der Waals surface area contributed by atoms with Gasteiger partial charge in [-0.25, -0.2) is 12.8 Å². The summed E-state index contributed by atoms with van der Waals surface area (Å²) in [5, 5.41) is 0. The third kappa shape index (κ3) is 3.71. The minimum absolute atomic E-state index is 0.0583. The van der Waals surface area contributed by atoms with Crippen molar-refractivity contribution in [3.63, 3.8) is 0 Å². The van der Waals surface area contributed by atoms with Crippen molar-refractivity contribution in [2.24, 2.45) is 0 Å². The average Bonchev–Trinajstić information content (AvgIpc) is 3.27. The highest BCUT2D eigenvalue weighted by molar-refractivity contribution is 8.26. The SMILES string of the molecule is O=C1/C(=C\c2ccc(-c3cccc(F)c3)o2)SC(=S)N1C1CCS(=O)(=O)C1. The molecule has 9 heteroatoms. The van der Waals surface area contributed by atoms with E-state index in [0.717, 1.165) is 11.8 Å². The molecule has 27 heavy (non-hydrogen) atoms. The van der Waals surface area contributed by atoms with Crippen molar-refractivity contribution in [1.29, 1.82) is 0 Å². The standard InChI is InChI=1S/C18H14FNO4S3/c19-12-3-1-2-11(8-12)15-5-4-14(24-15)9-16-17(21)20(18(25)26-16)13-6-7-27(22,23)10-13/h1-5,8-9,13H,6-7,10H2/b16-9+. The van der Waals surface area contributed by atoms with Gasteiger partial charge >= 0.3 is 0 Å². The summed E-state index contributed by atoms with van der Waals surface area (Å²) >= 11 is 6.40. The lowest BCUT2D eigenvalue weighted by atomic mass is 10.2. The van der Waals surface area contributed by atoms with Crippen molar-refractivity contribution < 1.29 is 22.0 Å². The van der Waals surface area contributed by atoms with Gasteiger partial charge in [0.25, 0.3) is 5.91 Å². The second-order valence-electron chi connectivity index (χ2n) is 6.32. The van der Waals surface area contributed by atoms with E-state index in [1.807, 2.05) is 0 Å². The Labute approximate surface area is 165 Å². The summed E-state index contributed by atoms with van der Waals surface area (Å²) in [7, 11) is -3.12. The molecule has 3 heterocycles. The van der Waals surface area contributed by atoms with Crippen LogP contribution in [0, 0.1) is 5.82 Å². The highest BCUT2D eigenvalue weighted by Crippen LogP contribution is 2.36. The fourth-order valence-corrected chi connectivity index (χ4v) is 6.21. The molecule has 1 amide bonds. The highest BCUT2D eigenvalue weighted by atomic mass is 32.2. The lowest BCUT2D eigenvalue weighted by molar-refractivity contribution is -0.123. The number of nitrogens with zero attached hydrogens (tertiary/aromatic N) is 1. The van der Waals surface area contributed by atoms with Crippen LogP contribution in [0.5, 0.6) is 0 Å². The Bertz CT molecular complexity index is 1070. The Balaban J connectivity index is 1.57. The minimum Gasteiger partial charge on any atom is -0.457 e. The number of furan rings is 1. The molecule has 2 aliphatic heterocycles. The average molecular weight is 424 g/mol. The molecule has 4 rings (SSSR count). The molecule has 2 aliphatic rings. The van der Waals surface area contributed by atoms with Crippen molar-refractivity contribution in [2.45, 2.75) is 12.5 Å². The minimum atomic E-state index is -3.12. The normalized spacial score (nSPS) is 23.5. The van der Waals surface area contributed by atoms with Gasteiger partial charge in [-0.15, -0.1) is 0 Å². The molecular formula is C18H14FNO4S3. The number of hydrogen-bond donors (Lipinski definition) is 0. The van der Waals surface area contributed by atoms with E-state index in [-0.39, 0.29) is 23.2 Å². The third-order valence-electron chi connectivity index (χ3n) is 4.41. The predicted molar refractivity (Wildman–Crippen MR) is 106 cm³/mol. The van der Waals surface area contributed by atoms with Crippen LogP contribution in [0.25, 0.3) is 17.4 Å². The zero-order valence-corrected chi connectivity index (χ0v) is 16.4. The number of carbonyl (C=O) groups is 1. The molecule has 1 atom stereocenters. The molecule has 5 nitrogen and oxygen atoms in total. The molecular weight excluding hydrogens is 409 g/mol. The van der Waals surface area contributed by atoms with E-state index in [1.165, 1.54) is 17.0 Å². The van der Waals surface area contributed by atoms with Crippen LogP contribution >= 0.6 is 24.0 Å². The van der Waals surface area contributed by atoms with Gasteiger partial charge in [0.05, 0.1) is 22.5 Å². The molecule has 1 aromatic carbocycles. The Morgan fingerprint density at radius 3 is 2.81 bits per heavy atom. The van der Waals surface area contributed by atoms with E-state index < -0.39 is 15.9 Å². The van der Waals surface area contributed by atoms with Crippen molar-refractivity contribution in [3.8, 4) is 11.3 Å². The monoisotopic (exact) mass is 423 g/mol. The van der Waals surface area contributed by atoms with Crippen LogP contribution in [-0.2, 0) is 14.6 Å². The van der Waals surface area contributed by atoms with Gasteiger partial charge in [-0.2, -0.15) is 0 Å². The molecule has 0 radical (unpaired) electrons. The zero-order valence-electron chi connectivity index (χ0n) is 13.9. The number of benzene rings is 1. The molecule has 1 aromatic heterocycles. The van der Waals surface area contributed by atoms with Crippen molar-refractivity contribution >= 4 is 50.1 Å². The number of carbonyl (C=O) groups excluding carboxylic acids is 1. The first kappa shape index (κ1) is 18.4. The largest absolute Gasteiger partial charge is 0.457 e. The highest BCUT2D eigenvalue weighted by Gasteiger charge is 2.42. The quantitative estimate of drug-likeness (QED) is 0.556. The molecule has 0 aliphatic carbocycles. The van der Waals surface area contributed by atoms with E-state index in [1.54, 1.807) is 30.3 Å². The molecule has 140 valence electrons. The second kappa shape index (κ2) is 6.88. The van der Waals surface area contributed by atoms with Gasteiger partial charge in [0, 0.05) is 11.6 Å². The summed E-state index contributed by atoms with van der Waals surface area (Å²) in [5.41, 5.74) is 0.596. The number of thioether (sulfide) groups is 1. The zero-order chi connectivity index (χ0) is 19.2. The van der Waals surface area contributed by atoms with Gasteiger partial charge in [-0.1, -0.05) is 36.1 Å². The predicted octanol–water partition coefficient (Wildman–Crippen LogP) is 3.47. The first-order chi connectivity index (χ1) is 12.8. The second-order valence-corrected chi connectivity index (χ2v) is 10.2. The van der Waals surface area contributed by atoms with Gasteiger partial charge in [0.1, 0.15) is 21.7 Å². The number of amides is 1. The van der Waals surface area contributed by atoms with Crippen LogP contribution in [0.15, 0.2) is 45.7 Å². The number of rotatable bonds is 3. The molecule has 1 unspecified atom stereocenters. The van der Waals surface area contributed by atoms with Crippen LogP contribution in [-0.4, -0.2) is 41.1 Å². The van der Waals surface area contributed by atoms with E-state index in [9.17, 15) is 17.6 Å². The molecule has 2 fully saturated rings. The Morgan fingerprint density at radius 2 is 2.11 bits per heavy atom. The Kier molecular flexibility index (Phi) is 4.69. The molecule has 0 bridgehead atoms. The third-order valence-corrected chi connectivity index (χ3v) is 7.49. The Hall–Kier alpha value is -1.97. The van der Waals surface area contributed by atoms with Crippen LogP contribution in [0.3, 0.4) is 0 Å². The van der Waals surface area contributed by atoms with Gasteiger partial charge in [0.15, 0.2) is 9.84 Å². The smallest absolute Gasteiger partial charge is 0.266 e. The van der Waals surface area contributed by atoms with Gasteiger partial charge in [0.2, 0.25) is 0 Å². The van der Waals surface area contributed by atoms with E-state index in [2.05, 4.69) is 0 Å². The number of thiocarbonyl (C=S) groups is 1. The first-order valence-corrected chi connectivity index (χ1v) is 11.2. The number of sulfone groups is 1. The maximum Gasteiger partial charge on any atom is 0.266 e. The van der Waals surface area contributed by atoms with Gasteiger partial charge in [-0.05, 0) is 30.7 Å². The van der Waals surface area contributed by atoms with E-state index >= 15 is 0 Å². The first-order valence-electron chi connectivity index (χ1n) is 8.16. The Morgan fingerprint density at radius 1 is 1.30 bits per heavy atom. The summed E-state index contributed by atoms with van der Waals surface area (Å²) in [4.78, 5) is 14.5. The lowest BCUT2D eigenvalue weighted by Crippen LogP contribution is -2.39.